The molecule has 2 aromatic heterocycles. The number of benzene rings is 1. The van der Waals surface area contributed by atoms with E-state index >= 15 is 0 Å². The normalized spacial score (nSPS) is 18.2. The Hall–Kier alpha value is -2.47. The van der Waals surface area contributed by atoms with Gasteiger partial charge in [-0.2, -0.15) is 0 Å². The van der Waals surface area contributed by atoms with Crippen molar-refractivity contribution in [1.29, 1.82) is 0 Å². The monoisotopic (exact) mass is 379 g/mol. The summed E-state index contributed by atoms with van der Waals surface area (Å²) in [5, 5.41) is 0. The number of para-hydroxylation sites is 2. The van der Waals surface area contributed by atoms with Crippen LogP contribution in [-0.2, 0) is 13.0 Å². The first-order valence-corrected chi connectivity index (χ1v) is 10.3. The smallest absolute Gasteiger partial charge is 0.251 e. The highest BCUT2D eigenvalue weighted by atomic mass is 16.1. The molecule has 1 atom stereocenters. The molecular formula is C22H29N5O. The van der Waals surface area contributed by atoms with Crippen LogP contribution >= 0.6 is 0 Å². The van der Waals surface area contributed by atoms with Crippen LogP contribution in [0.25, 0.3) is 11.0 Å². The van der Waals surface area contributed by atoms with E-state index in [1.54, 1.807) is 6.07 Å². The van der Waals surface area contributed by atoms with Crippen molar-refractivity contribution in [2.45, 2.75) is 58.5 Å². The van der Waals surface area contributed by atoms with Crippen LogP contribution in [0.15, 0.2) is 35.1 Å². The van der Waals surface area contributed by atoms with E-state index in [1.807, 2.05) is 6.92 Å². The Kier molecular flexibility index (Phi) is 5.31. The number of rotatable bonds is 5. The maximum Gasteiger partial charge on any atom is 0.251 e. The van der Waals surface area contributed by atoms with Crippen molar-refractivity contribution in [3.05, 3.63) is 58.0 Å². The SMILES string of the molecule is CCc1nc(CN2CCCC(c3nc4ccccc4n3C(C)C)C2)cc(=O)[nH]1. The molecule has 1 aliphatic heterocycles. The average Bonchev–Trinajstić information content (AvgIpc) is 3.07. The quantitative estimate of drug-likeness (QED) is 0.735. The van der Waals surface area contributed by atoms with Crippen molar-refractivity contribution in [1.82, 2.24) is 24.4 Å². The molecular weight excluding hydrogens is 350 g/mol. The summed E-state index contributed by atoms with van der Waals surface area (Å²) in [6.07, 6.45) is 3.02. The summed E-state index contributed by atoms with van der Waals surface area (Å²) in [5.74, 6) is 2.35. The third-order valence-electron chi connectivity index (χ3n) is 5.57. The molecule has 3 aromatic rings. The molecule has 1 unspecified atom stereocenters. The molecule has 6 heteroatoms. The topological polar surface area (TPSA) is 66.8 Å². The van der Waals surface area contributed by atoms with Gasteiger partial charge in [0.2, 0.25) is 0 Å². The van der Waals surface area contributed by atoms with E-state index in [9.17, 15) is 4.79 Å². The number of fused-ring (bicyclic) bond motifs is 1. The number of aromatic amines is 1. The molecule has 1 aliphatic rings. The second kappa shape index (κ2) is 7.87. The highest BCUT2D eigenvalue weighted by Gasteiger charge is 2.27. The number of likely N-dealkylation sites (tertiary alicyclic amines) is 1. The molecule has 0 bridgehead atoms. The number of piperidine rings is 1. The van der Waals surface area contributed by atoms with E-state index in [-0.39, 0.29) is 5.56 Å². The fraction of sp³-hybridized carbons (Fsp3) is 0.500. The van der Waals surface area contributed by atoms with Gasteiger partial charge in [-0.05, 0) is 45.4 Å². The van der Waals surface area contributed by atoms with Crippen LogP contribution in [0.3, 0.4) is 0 Å². The Bertz CT molecular complexity index is 1020. The summed E-state index contributed by atoms with van der Waals surface area (Å²) < 4.78 is 2.39. The Morgan fingerprint density at radius 1 is 1.25 bits per heavy atom. The zero-order valence-corrected chi connectivity index (χ0v) is 17.0. The van der Waals surface area contributed by atoms with Gasteiger partial charge in [0.1, 0.15) is 11.6 Å². The fourth-order valence-corrected chi connectivity index (χ4v) is 4.34. The number of H-pyrrole nitrogens is 1. The molecule has 28 heavy (non-hydrogen) atoms. The minimum Gasteiger partial charge on any atom is -0.325 e. The first-order valence-electron chi connectivity index (χ1n) is 10.3. The highest BCUT2D eigenvalue weighted by Crippen LogP contribution is 2.31. The van der Waals surface area contributed by atoms with Crippen molar-refractivity contribution in [3.8, 4) is 0 Å². The molecule has 0 aliphatic carbocycles. The third kappa shape index (κ3) is 3.74. The minimum absolute atomic E-state index is 0.0583. The fourth-order valence-electron chi connectivity index (χ4n) is 4.34. The van der Waals surface area contributed by atoms with Crippen LogP contribution in [0.5, 0.6) is 0 Å². The van der Waals surface area contributed by atoms with Crippen LogP contribution in [0.1, 0.15) is 62.9 Å². The van der Waals surface area contributed by atoms with Gasteiger partial charge in [0, 0.05) is 37.5 Å². The van der Waals surface area contributed by atoms with Gasteiger partial charge in [-0.3, -0.25) is 9.69 Å². The summed E-state index contributed by atoms with van der Waals surface area (Å²) in [7, 11) is 0. The van der Waals surface area contributed by atoms with Gasteiger partial charge in [0.05, 0.1) is 16.7 Å². The van der Waals surface area contributed by atoms with Gasteiger partial charge in [0.25, 0.3) is 5.56 Å². The molecule has 6 nitrogen and oxygen atoms in total. The van der Waals surface area contributed by atoms with E-state index in [1.165, 1.54) is 11.3 Å². The Morgan fingerprint density at radius 2 is 2.07 bits per heavy atom. The molecule has 1 aromatic carbocycles. The zero-order valence-electron chi connectivity index (χ0n) is 17.0. The molecule has 0 spiro atoms. The second-order valence-electron chi connectivity index (χ2n) is 8.03. The second-order valence-corrected chi connectivity index (χ2v) is 8.03. The maximum absolute atomic E-state index is 11.9. The molecule has 148 valence electrons. The first kappa shape index (κ1) is 18.9. The van der Waals surface area contributed by atoms with Crippen LogP contribution in [0.4, 0.5) is 0 Å². The number of nitrogens with zero attached hydrogens (tertiary/aromatic N) is 4. The molecule has 0 saturated carbocycles. The van der Waals surface area contributed by atoms with Crippen molar-refractivity contribution < 1.29 is 0 Å². The standard InChI is InChI=1S/C22H29N5O/c1-4-20-23-17(12-21(28)25-20)14-26-11-7-8-16(13-26)22-24-18-9-5-6-10-19(18)27(22)15(2)3/h5-6,9-10,12,15-16H,4,7-8,11,13-14H2,1-3H3,(H,23,25,28). The van der Waals surface area contributed by atoms with E-state index in [0.717, 1.165) is 55.9 Å². The van der Waals surface area contributed by atoms with Crippen molar-refractivity contribution >= 4 is 11.0 Å². The maximum atomic E-state index is 11.9. The van der Waals surface area contributed by atoms with E-state index in [4.69, 9.17) is 4.98 Å². The van der Waals surface area contributed by atoms with Crippen molar-refractivity contribution in [2.75, 3.05) is 13.1 Å². The number of hydrogen-bond acceptors (Lipinski definition) is 4. The number of hydrogen-bond donors (Lipinski definition) is 1. The Labute approximate surface area is 165 Å². The Morgan fingerprint density at radius 3 is 2.86 bits per heavy atom. The molecule has 4 rings (SSSR count). The summed E-state index contributed by atoms with van der Waals surface area (Å²) in [6, 6.07) is 10.4. The Balaban J connectivity index is 1.59. The lowest BCUT2D eigenvalue weighted by atomic mass is 9.96. The predicted octanol–water partition coefficient (Wildman–Crippen LogP) is 3.64. The molecule has 1 fully saturated rings. The number of aryl methyl sites for hydroxylation is 1. The number of aromatic nitrogens is 4. The third-order valence-corrected chi connectivity index (χ3v) is 5.57. The summed E-state index contributed by atoms with van der Waals surface area (Å²) in [4.78, 5) is 26.7. The first-order chi connectivity index (χ1) is 13.5. The van der Waals surface area contributed by atoms with E-state index < -0.39 is 0 Å². The summed E-state index contributed by atoms with van der Waals surface area (Å²) >= 11 is 0. The van der Waals surface area contributed by atoms with Crippen molar-refractivity contribution in [3.63, 3.8) is 0 Å². The van der Waals surface area contributed by atoms with Gasteiger partial charge in [0.15, 0.2) is 0 Å². The van der Waals surface area contributed by atoms with Crippen LogP contribution < -0.4 is 5.56 Å². The zero-order chi connectivity index (χ0) is 19.7. The molecule has 0 radical (unpaired) electrons. The van der Waals surface area contributed by atoms with Gasteiger partial charge in [-0.25, -0.2) is 9.97 Å². The lowest BCUT2D eigenvalue weighted by molar-refractivity contribution is 0.192. The van der Waals surface area contributed by atoms with Crippen molar-refractivity contribution in [2.24, 2.45) is 0 Å². The van der Waals surface area contributed by atoms with E-state index in [0.29, 0.717) is 12.0 Å². The summed E-state index contributed by atoms with van der Waals surface area (Å²) in [5.41, 5.74) is 3.09. The van der Waals surface area contributed by atoms with Gasteiger partial charge in [-0.1, -0.05) is 19.1 Å². The van der Waals surface area contributed by atoms with E-state index in [2.05, 4.69) is 57.5 Å². The summed E-state index contributed by atoms with van der Waals surface area (Å²) in [6.45, 7) is 9.17. The predicted molar refractivity (Wildman–Crippen MR) is 112 cm³/mol. The number of imidazole rings is 1. The van der Waals surface area contributed by atoms with Crippen LogP contribution in [0.2, 0.25) is 0 Å². The van der Waals surface area contributed by atoms with Crippen LogP contribution in [0, 0.1) is 0 Å². The van der Waals surface area contributed by atoms with Gasteiger partial charge < -0.3 is 9.55 Å². The minimum atomic E-state index is -0.0583. The van der Waals surface area contributed by atoms with Gasteiger partial charge >= 0.3 is 0 Å². The van der Waals surface area contributed by atoms with Gasteiger partial charge in [-0.15, -0.1) is 0 Å². The molecule has 0 amide bonds. The number of nitrogens with one attached hydrogen (secondary N) is 1. The molecule has 1 saturated heterocycles. The van der Waals surface area contributed by atoms with Crippen LogP contribution in [-0.4, -0.2) is 37.5 Å². The lowest BCUT2D eigenvalue weighted by Gasteiger charge is -2.33. The largest absolute Gasteiger partial charge is 0.325 e. The lowest BCUT2D eigenvalue weighted by Crippen LogP contribution is -2.35. The molecule has 3 heterocycles. The average molecular weight is 380 g/mol. The highest BCUT2D eigenvalue weighted by molar-refractivity contribution is 5.76. The molecule has 1 N–H and O–H groups in total.